The lowest BCUT2D eigenvalue weighted by molar-refractivity contribution is -0.119. The monoisotopic (exact) mass is 332 g/mol. The number of carbonyl (C=O) groups excluding carboxylic acids is 1. The van der Waals surface area contributed by atoms with Crippen molar-refractivity contribution in [2.24, 2.45) is 5.73 Å². The summed E-state index contributed by atoms with van der Waals surface area (Å²) in [6.07, 6.45) is 1.40. The third-order valence-electron chi connectivity index (χ3n) is 4.06. The summed E-state index contributed by atoms with van der Waals surface area (Å²) in [6.45, 7) is 0.684. The van der Waals surface area contributed by atoms with Gasteiger partial charge in [-0.25, -0.2) is 0 Å². The van der Waals surface area contributed by atoms with E-state index in [4.69, 9.17) is 10.5 Å². The largest absolute Gasteiger partial charge is 0.497 e. The third-order valence-corrected chi connectivity index (χ3v) is 4.06. The average Bonchev–Trinajstić information content (AvgIpc) is 2.97. The molecule has 0 spiro atoms. The van der Waals surface area contributed by atoms with Gasteiger partial charge in [-0.1, -0.05) is 30.3 Å². The molecule has 3 rings (SSSR count). The van der Waals surface area contributed by atoms with E-state index in [2.05, 4.69) is 0 Å². The number of hydrogen-bond donors (Lipinski definition) is 1. The molecule has 1 atom stereocenters. The van der Waals surface area contributed by atoms with Gasteiger partial charge >= 0.3 is 0 Å². The predicted molar refractivity (Wildman–Crippen MR) is 94.4 cm³/mol. The van der Waals surface area contributed by atoms with Gasteiger partial charge < -0.3 is 15.4 Å². The first-order chi connectivity index (χ1) is 10.7. The van der Waals surface area contributed by atoms with Crippen LogP contribution in [0.25, 0.3) is 0 Å². The molecule has 0 aromatic heterocycles. The molecule has 1 aliphatic heterocycles. The van der Waals surface area contributed by atoms with Crippen molar-refractivity contribution in [3.63, 3.8) is 0 Å². The molecule has 4 nitrogen and oxygen atoms in total. The second-order valence-electron chi connectivity index (χ2n) is 5.53. The maximum Gasteiger partial charge on any atom is 0.244 e. The molecule has 5 heteroatoms. The summed E-state index contributed by atoms with van der Waals surface area (Å²) in [7, 11) is 1.65. The van der Waals surface area contributed by atoms with E-state index in [0.29, 0.717) is 13.0 Å². The number of benzene rings is 2. The van der Waals surface area contributed by atoms with E-state index in [1.165, 1.54) is 0 Å². The molecular formula is C18H21ClN2O2. The van der Waals surface area contributed by atoms with E-state index < -0.39 is 6.04 Å². The van der Waals surface area contributed by atoms with Crippen molar-refractivity contribution in [2.45, 2.75) is 18.9 Å². The molecule has 0 unspecified atom stereocenters. The molecule has 1 amide bonds. The highest BCUT2D eigenvalue weighted by atomic mass is 35.5. The molecule has 23 heavy (non-hydrogen) atoms. The highest BCUT2D eigenvalue weighted by Crippen LogP contribution is 2.31. The van der Waals surface area contributed by atoms with Crippen LogP contribution in [0.1, 0.15) is 11.1 Å². The predicted octanol–water partition coefficient (Wildman–Crippen LogP) is 2.58. The van der Waals surface area contributed by atoms with Gasteiger partial charge in [-0.3, -0.25) is 4.79 Å². The Bertz CT molecular complexity index is 676. The highest BCUT2D eigenvalue weighted by molar-refractivity contribution is 5.99. The zero-order valence-electron chi connectivity index (χ0n) is 13.1. The van der Waals surface area contributed by atoms with Crippen molar-refractivity contribution in [2.75, 3.05) is 18.6 Å². The Morgan fingerprint density at radius 2 is 2.00 bits per heavy atom. The number of nitrogens with two attached hydrogens (primary N) is 1. The van der Waals surface area contributed by atoms with Gasteiger partial charge in [0, 0.05) is 12.2 Å². The van der Waals surface area contributed by atoms with E-state index in [-0.39, 0.29) is 18.3 Å². The number of ether oxygens (including phenoxy) is 1. The summed E-state index contributed by atoms with van der Waals surface area (Å²) >= 11 is 0. The van der Waals surface area contributed by atoms with Gasteiger partial charge in [0.05, 0.1) is 13.2 Å². The van der Waals surface area contributed by atoms with Crippen molar-refractivity contribution in [3.05, 3.63) is 59.7 Å². The van der Waals surface area contributed by atoms with Crippen molar-refractivity contribution >= 4 is 24.0 Å². The SMILES string of the molecule is COc1ccc2c(c1)CCN2C(=O)[C@@H](N)Cc1ccccc1.Cl. The molecule has 0 aliphatic carbocycles. The van der Waals surface area contributed by atoms with E-state index in [1.54, 1.807) is 12.0 Å². The van der Waals surface area contributed by atoms with Crippen LogP contribution >= 0.6 is 12.4 Å². The number of nitrogens with zero attached hydrogens (tertiary/aromatic N) is 1. The Hall–Kier alpha value is -2.04. The number of anilines is 1. The Balaban J connectivity index is 0.00000192. The van der Waals surface area contributed by atoms with E-state index >= 15 is 0 Å². The van der Waals surface area contributed by atoms with Crippen molar-refractivity contribution in [3.8, 4) is 5.75 Å². The summed E-state index contributed by atoms with van der Waals surface area (Å²) < 4.78 is 5.23. The van der Waals surface area contributed by atoms with Crippen LogP contribution in [0.2, 0.25) is 0 Å². The van der Waals surface area contributed by atoms with Crippen molar-refractivity contribution in [1.82, 2.24) is 0 Å². The molecule has 1 aliphatic rings. The van der Waals surface area contributed by atoms with Crippen LogP contribution in [0.3, 0.4) is 0 Å². The van der Waals surface area contributed by atoms with Gasteiger partial charge in [0.2, 0.25) is 5.91 Å². The fraction of sp³-hybridized carbons (Fsp3) is 0.278. The Morgan fingerprint density at radius 1 is 1.26 bits per heavy atom. The molecule has 0 saturated carbocycles. The number of fused-ring (bicyclic) bond motifs is 1. The van der Waals surface area contributed by atoms with E-state index in [0.717, 1.165) is 29.0 Å². The van der Waals surface area contributed by atoms with Crippen LogP contribution in [0, 0.1) is 0 Å². The van der Waals surface area contributed by atoms with Crippen LogP contribution in [0.5, 0.6) is 5.75 Å². The Kier molecular flexibility index (Phi) is 5.64. The second kappa shape index (κ2) is 7.49. The Labute approximate surface area is 142 Å². The minimum atomic E-state index is -0.518. The van der Waals surface area contributed by atoms with Crippen LogP contribution in [0.4, 0.5) is 5.69 Å². The Morgan fingerprint density at radius 3 is 2.70 bits per heavy atom. The lowest BCUT2D eigenvalue weighted by Gasteiger charge is -2.21. The first-order valence-electron chi connectivity index (χ1n) is 7.47. The lowest BCUT2D eigenvalue weighted by atomic mass is 10.1. The van der Waals surface area contributed by atoms with Gasteiger partial charge in [-0.2, -0.15) is 0 Å². The molecule has 0 bridgehead atoms. The minimum absolute atomic E-state index is 0. The fourth-order valence-corrected chi connectivity index (χ4v) is 2.89. The highest BCUT2D eigenvalue weighted by Gasteiger charge is 2.28. The number of halogens is 1. The smallest absolute Gasteiger partial charge is 0.244 e. The molecule has 2 aromatic rings. The van der Waals surface area contributed by atoms with Gasteiger partial charge in [0.25, 0.3) is 0 Å². The summed E-state index contributed by atoms with van der Waals surface area (Å²) in [4.78, 5) is 14.4. The number of amides is 1. The zero-order chi connectivity index (χ0) is 15.5. The van der Waals surface area contributed by atoms with E-state index in [1.807, 2.05) is 48.5 Å². The summed E-state index contributed by atoms with van der Waals surface area (Å²) in [6, 6.07) is 15.2. The second-order valence-corrected chi connectivity index (χ2v) is 5.53. The fourth-order valence-electron chi connectivity index (χ4n) is 2.89. The molecule has 2 N–H and O–H groups in total. The topological polar surface area (TPSA) is 55.6 Å². The van der Waals surface area contributed by atoms with E-state index in [9.17, 15) is 4.79 Å². The zero-order valence-corrected chi connectivity index (χ0v) is 13.9. The van der Waals surface area contributed by atoms with Crippen molar-refractivity contribution in [1.29, 1.82) is 0 Å². The summed E-state index contributed by atoms with van der Waals surface area (Å²) in [5, 5.41) is 0. The molecule has 1 heterocycles. The maximum atomic E-state index is 12.6. The molecule has 0 fully saturated rings. The normalized spacial score (nSPS) is 13.9. The molecule has 2 aromatic carbocycles. The molecule has 122 valence electrons. The van der Waals surface area contributed by atoms with Crippen LogP contribution < -0.4 is 15.4 Å². The summed E-state index contributed by atoms with van der Waals surface area (Å²) in [5.74, 6) is 0.800. The standard InChI is InChI=1S/C18H20N2O2.ClH/c1-22-15-7-8-17-14(12-15)9-10-20(17)18(21)16(19)11-13-5-3-2-4-6-13;/h2-8,12,16H,9-11,19H2,1H3;1H/t16-;/m0./s1. The number of hydrogen-bond acceptors (Lipinski definition) is 3. The minimum Gasteiger partial charge on any atom is -0.497 e. The van der Waals surface area contributed by atoms with Gasteiger partial charge in [-0.05, 0) is 42.2 Å². The summed E-state index contributed by atoms with van der Waals surface area (Å²) in [5.41, 5.74) is 9.30. The quantitative estimate of drug-likeness (QED) is 0.936. The molecule has 0 radical (unpaired) electrons. The molecular weight excluding hydrogens is 312 g/mol. The van der Waals surface area contributed by atoms with Gasteiger partial charge in [0.15, 0.2) is 0 Å². The van der Waals surface area contributed by atoms with Crippen LogP contribution in [-0.2, 0) is 17.6 Å². The third kappa shape index (κ3) is 3.66. The van der Waals surface area contributed by atoms with Gasteiger partial charge in [-0.15, -0.1) is 12.4 Å². The first kappa shape index (κ1) is 17.3. The average molecular weight is 333 g/mol. The number of carbonyl (C=O) groups is 1. The maximum absolute atomic E-state index is 12.6. The van der Waals surface area contributed by atoms with Crippen LogP contribution in [-0.4, -0.2) is 25.6 Å². The lowest BCUT2D eigenvalue weighted by Crippen LogP contribution is -2.44. The van der Waals surface area contributed by atoms with Crippen molar-refractivity contribution < 1.29 is 9.53 Å². The number of rotatable bonds is 4. The van der Waals surface area contributed by atoms with Crippen LogP contribution in [0.15, 0.2) is 48.5 Å². The number of methoxy groups -OCH3 is 1. The molecule has 0 saturated heterocycles. The first-order valence-corrected chi connectivity index (χ1v) is 7.47. The van der Waals surface area contributed by atoms with Gasteiger partial charge in [0.1, 0.15) is 5.75 Å².